The molecule has 5 rings (SSSR count). The molecule has 5 N–H and O–H groups in total. The summed E-state index contributed by atoms with van der Waals surface area (Å²) < 4.78 is 29.4. The number of benzene rings is 1. The highest BCUT2D eigenvalue weighted by atomic mass is 35.5. The molecule has 45 heavy (non-hydrogen) atoms. The number of sulfone groups is 1. The van der Waals surface area contributed by atoms with Gasteiger partial charge < -0.3 is 30.2 Å². The second-order valence-corrected chi connectivity index (χ2v) is 15.1. The predicted octanol–water partition coefficient (Wildman–Crippen LogP) is 4.29. The van der Waals surface area contributed by atoms with Gasteiger partial charge in [-0.05, 0) is 49.7 Å². The molecule has 1 aromatic carbocycles. The van der Waals surface area contributed by atoms with Crippen LogP contribution in [0.3, 0.4) is 0 Å². The minimum absolute atomic E-state index is 0.00441. The highest BCUT2D eigenvalue weighted by Gasteiger charge is 2.43. The van der Waals surface area contributed by atoms with Crippen LogP contribution in [-0.4, -0.2) is 103 Å². The van der Waals surface area contributed by atoms with Crippen LogP contribution in [-0.2, 0) is 14.6 Å². The van der Waals surface area contributed by atoms with Crippen molar-refractivity contribution >= 4 is 45.2 Å². The molecule has 3 fully saturated rings. The maximum Gasteiger partial charge on any atom is 0.411 e. The molecule has 13 nitrogen and oxygen atoms in total. The number of nitrogens with two attached hydrogens (primary N) is 1. The minimum Gasteiger partial charge on any atom is -0.453 e. The lowest BCUT2D eigenvalue weighted by atomic mass is 9.80. The Balaban J connectivity index is 1.39. The number of rotatable bonds is 5. The number of carbonyl (C=O) groups excluding carboxylic acids is 2. The first-order chi connectivity index (χ1) is 21.4. The highest BCUT2D eigenvalue weighted by molar-refractivity contribution is 7.91. The maximum atomic E-state index is 14.1. The van der Waals surface area contributed by atoms with E-state index >= 15 is 0 Å². The number of amides is 3. The van der Waals surface area contributed by atoms with E-state index in [0.29, 0.717) is 80.3 Å². The number of urea groups is 1. The van der Waals surface area contributed by atoms with E-state index in [9.17, 15) is 18.0 Å². The fraction of sp³-hybridized carbons (Fsp3) is 0.600. The van der Waals surface area contributed by atoms with Crippen LogP contribution in [0.2, 0.25) is 5.15 Å². The number of imidazole rings is 1. The highest BCUT2D eigenvalue weighted by Crippen LogP contribution is 2.44. The molecule has 3 aliphatic rings. The van der Waals surface area contributed by atoms with Gasteiger partial charge in [-0.15, -0.1) is 0 Å². The van der Waals surface area contributed by atoms with E-state index < -0.39 is 15.9 Å². The van der Waals surface area contributed by atoms with Crippen LogP contribution < -0.4 is 11.1 Å². The van der Waals surface area contributed by atoms with Crippen LogP contribution in [0.15, 0.2) is 24.3 Å². The zero-order chi connectivity index (χ0) is 32.3. The molecule has 4 unspecified atom stereocenters. The Hall–Kier alpha value is -3.52. The largest absolute Gasteiger partial charge is 0.453 e. The summed E-state index contributed by atoms with van der Waals surface area (Å²) in [4.78, 5) is 39.2. The van der Waals surface area contributed by atoms with E-state index in [-0.39, 0.29) is 29.2 Å². The molecule has 4 atom stereocenters. The second kappa shape index (κ2) is 13.9. The van der Waals surface area contributed by atoms with Crippen LogP contribution in [0.4, 0.5) is 15.3 Å². The molecule has 15 heteroatoms. The SMILES string of the molecule is COC(=O)Nc1ccc(-c2nc(C3CC(C4CCCCC(S(C)(=O)=O)CC4)CN3C(=O)N3CCN(C(=N)N)CC3)[nH]c2Cl)cc1. The number of H-pyrrole nitrogens is 1. The molecule has 0 bridgehead atoms. The summed E-state index contributed by atoms with van der Waals surface area (Å²) in [5.41, 5.74) is 7.54. The van der Waals surface area contributed by atoms with Crippen molar-refractivity contribution in [1.82, 2.24) is 24.7 Å². The zero-order valence-corrected chi connectivity index (χ0v) is 27.4. The molecule has 246 valence electrons. The van der Waals surface area contributed by atoms with Crippen molar-refractivity contribution in [3.8, 4) is 11.3 Å². The summed E-state index contributed by atoms with van der Waals surface area (Å²) in [7, 11) is -1.81. The molecule has 0 spiro atoms. The number of halogens is 1. The number of nitrogens with zero attached hydrogens (tertiary/aromatic N) is 4. The van der Waals surface area contributed by atoms with Crippen molar-refractivity contribution in [3.63, 3.8) is 0 Å². The quantitative estimate of drug-likeness (QED) is 0.271. The third-order valence-electron chi connectivity index (χ3n) is 9.54. The van der Waals surface area contributed by atoms with Crippen molar-refractivity contribution in [1.29, 1.82) is 5.41 Å². The first-order valence-corrected chi connectivity index (χ1v) is 17.8. The topological polar surface area (TPSA) is 178 Å². The minimum atomic E-state index is -3.11. The molecule has 3 amide bonds. The number of ether oxygens (including phenoxy) is 1. The van der Waals surface area contributed by atoms with E-state index in [1.165, 1.54) is 13.4 Å². The molecular weight excluding hydrogens is 620 g/mol. The summed E-state index contributed by atoms with van der Waals surface area (Å²) in [6, 6.07) is 6.65. The summed E-state index contributed by atoms with van der Waals surface area (Å²) >= 11 is 6.69. The third kappa shape index (κ3) is 7.66. The maximum absolute atomic E-state index is 14.1. The number of methoxy groups -OCH3 is 1. The Bertz CT molecular complexity index is 1490. The first kappa shape index (κ1) is 32.9. The molecule has 0 radical (unpaired) electrons. The molecule has 3 heterocycles. The Kier molecular flexibility index (Phi) is 10.1. The fourth-order valence-corrected chi connectivity index (χ4v) is 8.37. The van der Waals surface area contributed by atoms with Crippen molar-refractivity contribution in [2.45, 2.75) is 56.2 Å². The van der Waals surface area contributed by atoms with Crippen molar-refractivity contribution in [2.75, 3.05) is 51.4 Å². The van der Waals surface area contributed by atoms with Gasteiger partial charge in [0.15, 0.2) is 5.96 Å². The van der Waals surface area contributed by atoms with Gasteiger partial charge >= 0.3 is 12.1 Å². The summed E-state index contributed by atoms with van der Waals surface area (Å²) in [6.45, 7) is 2.46. The number of aromatic nitrogens is 2. The van der Waals surface area contributed by atoms with Gasteiger partial charge in [-0.25, -0.2) is 23.0 Å². The molecule has 1 aromatic heterocycles. The van der Waals surface area contributed by atoms with E-state index in [1.54, 1.807) is 29.2 Å². The number of carbonyl (C=O) groups is 2. The summed E-state index contributed by atoms with van der Waals surface area (Å²) in [5.74, 6) is 1.09. The number of anilines is 1. The Morgan fingerprint density at radius 1 is 1.04 bits per heavy atom. The van der Waals surface area contributed by atoms with E-state index in [2.05, 4.69) is 15.0 Å². The van der Waals surface area contributed by atoms with Gasteiger partial charge in [0, 0.05) is 50.2 Å². The van der Waals surface area contributed by atoms with Gasteiger partial charge in [-0.1, -0.05) is 43.0 Å². The van der Waals surface area contributed by atoms with Crippen molar-refractivity contribution in [2.24, 2.45) is 17.6 Å². The summed E-state index contributed by atoms with van der Waals surface area (Å²) in [6.07, 6.45) is 6.49. The smallest absolute Gasteiger partial charge is 0.411 e. The number of nitrogens with one attached hydrogen (secondary N) is 3. The van der Waals surface area contributed by atoms with Crippen molar-refractivity contribution < 1.29 is 22.7 Å². The number of guanidine groups is 1. The fourth-order valence-electron chi connectivity index (χ4n) is 6.97. The lowest BCUT2D eigenvalue weighted by molar-refractivity contribution is 0.124. The predicted molar refractivity (Wildman–Crippen MR) is 173 cm³/mol. The van der Waals surface area contributed by atoms with Crippen LogP contribution >= 0.6 is 11.6 Å². The van der Waals surface area contributed by atoms with Crippen LogP contribution in [0.5, 0.6) is 0 Å². The normalized spacial score (nSPS) is 24.6. The third-order valence-corrected chi connectivity index (χ3v) is 11.5. The average molecular weight is 663 g/mol. The van der Waals surface area contributed by atoms with E-state index in [0.717, 1.165) is 31.2 Å². The Morgan fingerprint density at radius 3 is 2.36 bits per heavy atom. The number of hydrogen-bond acceptors (Lipinski definition) is 7. The number of likely N-dealkylation sites (tertiary alicyclic amines) is 1. The van der Waals surface area contributed by atoms with Crippen LogP contribution in [0, 0.1) is 17.2 Å². The molecule has 2 saturated heterocycles. The number of hydrogen-bond donors (Lipinski definition) is 4. The van der Waals surface area contributed by atoms with Gasteiger partial charge in [-0.2, -0.15) is 0 Å². The van der Waals surface area contributed by atoms with Crippen LogP contribution in [0.1, 0.15) is 56.8 Å². The van der Waals surface area contributed by atoms with Gasteiger partial charge in [-0.3, -0.25) is 10.7 Å². The summed E-state index contributed by atoms with van der Waals surface area (Å²) in [5, 5.41) is 10.4. The van der Waals surface area contributed by atoms with Gasteiger partial charge in [0.25, 0.3) is 0 Å². The molecule has 1 saturated carbocycles. The zero-order valence-electron chi connectivity index (χ0n) is 25.8. The number of aromatic amines is 1. The molecule has 2 aliphatic heterocycles. The lowest BCUT2D eigenvalue weighted by Gasteiger charge is -2.38. The van der Waals surface area contributed by atoms with E-state index in [4.69, 9.17) is 27.7 Å². The molecule has 2 aromatic rings. The van der Waals surface area contributed by atoms with Crippen molar-refractivity contribution in [3.05, 3.63) is 35.2 Å². The Morgan fingerprint density at radius 2 is 1.71 bits per heavy atom. The van der Waals surface area contributed by atoms with Crippen LogP contribution in [0.25, 0.3) is 11.3 Å². The molecular formula is C30H43ClN8O5S. The molecule has 1 aliphatic carbocycles. The first-order valence-electron chi connectivity index (χ1n) is 15.5. The second-order valence-electron chi connectivity index (χ2n) is 12.4. The van der Waals surface area contributed by atoms with Gasteiger partial charge in [0.2, 0.25) is 0 Å². The standard InChI is InChI=1S/C30H43ClN8O5S/c1-44-29(40)34-22-10-7-20(8-11-22)25-26(31)36-27(35-25)24-17-21(19-5-3-4-6-23(12-9-19)45(2,42)43)18-39(24)30(41)38-15-13-37(14-16-38)28(32)33/h7-8,10-11,19,21,23-24H,3-6,9,12-18H2,1-2H3,(H3,32,33)(H,34,40)(H,35,36). The average Bonchev–Trinajstić information content (AvgIpc) is 3.60. The van der Waals surface area contributed by atoms with E-state index in [1.807, 2.05) is 9.80 Å². The monoisotopic (exact) mass is 662 g/mol. The number of piperazine rings is 1. The Labute approximate surface area is 269 Å². The van der Waals surface area contributed by atoms with Gasteiger partial charge in [0.1, 0.15) is 26.5 Å². The lowest BCUT2D eigenvalue weighted by Crippen LogP contribution is -2.55. The van der Waals surface area contributed by atoms with Gasteiger partial charge in [0.05, 0.1) is 18.4 Å².